The van der Waals surface area contributed by atoms with Crippen LogP contribution in [0, 0.1) is 0 Å². The van der Waals surface area contributed by atoms with E-state index < -0.39 is 0 Å². The van der Waals surface area contributed by atoms with Crippen molar-refractivity contribution in [1.82, 2.24) is 0 Å². The molecule has 0 nitrogen and oxygen atoms in total. The smallest absolute Gasteiger partial charge is 0.0122 e. The molecule has 0 radical (unpaired) electrons. The summed E-state index contributed by atoms with van der Waals surface area (Å²) in [6.07, 6.45) is 7.50. The molecule has 0 atom stereocenters. The van der Waals surface area contributed by atoms with E-state index in [0.717, 1.165) is 0 Å². The highest BCUT2D eigenvalue weighted by Crippen LogP contribution is 2.28. The van der Waals surface area contributed by atoms with Crippen molar-refractivity contribution >= 4 is 11.8 Å². The summed E-state index contributed by atoms with van der Waals surface area (Å²) >= 11 is 1.85. The van der Waals surface area contributed by atoms with Gasteiger partial charge >= 0.3 is 0 Å². The van der Waals surface area contributed by atoms with E-state index in [4.69, 9.17) is 0 Å². The summed E-state index contributed by atoms with van der Waals surface area (Å²) in [6.45, 7) is 4.49. The van der Waals surface area contributed by atoms with E-state index in [9.17, 15) is 0 Å². The normalized spacial score (nSPS) is 10.8. The second-order valence-electron chi connectivity index (χ2n) is 5.60. The first kappa shape index (κ1) is 16.2. The molecule has 0 unspecified atom stereocenters. The highest BCUT2D eigenvalue weighted by atomic mass is 32.2. The SMILES string of the molecule is CCCCc1ccc(Sc2ccc(CCCC)cc2)cc1. The number of aryl methyl sites for hydroxylation is 2. The van der Waals surface area contributed by atoms with Crippen LogP contribution in [0.25, 0.3) is 0 Å². The fourth-order valence-electron chi connectivity index (χ4n) is 2.35. The topological polar surface area (TPSA) is 0 Å². The number of unbranched alkanes of at least 4 members (excludes halogenated alkanes) is 2. The first-order valence-corrected chi connectivity index (χ1v) is 8.99. The molecule has 0 aliphatic rings. The zero-order valence-corrected chi connectivity index (χ0v) is 14.1. The van der Waals surface area contributed by atoms with Crippen molar-refractivity contribution in [2.75, 3.05) is 0 Å². The average molecular weight is 298 g/mol. The Morgan fingerprint density at radius 1 is 0.619 bits per heavy atom. The summed E-state index contributed by atoms with van der Waals surface area (Å²) in [4.78, 5) is 2.66. The Hall–Kier alpha value is -1.21. The highest BCUT2D eigenvalue weighted by molar-refractivity contribution is 7.99. The van der Waals surface area contributed by atoms with Gasteiger partial charge in [-0.2, -0.15) is 0 Å². The molecule has 2 aromatic carbocycles. The van der Waals surface area contributed by atoms with Gasteiger partial charge in [-0.25, -0.2) is 0 Å². The minimum atomic E-state index is 1.20. The maximum Gasteiger partial charge on any atom is 0.0122 e. The van der Waals surface area contributed by atoms with Crippen LogP contribution >= 0.6 is 11.8 Å². The average Bonchev–Trinajstić information content (AvgIpc) is 2.53. The molecule has 0 aliphatic carbocycles. The zero-order valence-electron chi connectivity index (χ0n) is 13.3. The van der Waals surface area contributed by atoms with Crippen LogP contribution in [0.1, 0.15) is 50.7 Å². The Kier molecular flexibility index (Phi) is 6.88. The molecule has 1 heteroatoms. The van der Waals surface area contributed by atoms with Crippen molar-refractivity contribution in [2.24, 2.45) is 0 Å². The lowest BCUT2D eigenvalue weighted by atomic mass is 10.1. The molecular formula is C20H26S. The summed E-state index contributed by atoms with van der Waals surface area (Å²) in [7, 11) is 0. The molecule has 21 heavy (non-hydrogen) atoms. The van der Waals surface area contributed by atoms with Crippen LogP contribution in [0.4, 0.5) is 0 Å². The quantitative estimate of drug-likeness (QED) is 0.534. The van der Waals surface area contributed by atoms with E-state index in [1.807, 2.05) is 11.8 Å². The lowest BCUT2D eigenvalue weighted by Crippen LogP contribution is -1.85. The molecule has 0 spiro atoms. The van der Waals surface area contributed by atoms with Crippen LogP contribution in [0.5, 0.6) is 0 Å². The highest BCUT2D eigenvalue weighted by Gasteiger charge is 1.99. The van der Waals surface area contributed by atoms with Gasteiger partial charge in [0.05, 0.1) is 0 Å². The van der Waals surface area contributed by atoms with Crippen LogP contribution in [0.15, 0.2) is 58.3 Å². The maximum absolute atomic E-state index is 2.27. The lowest BCUT2D eigenvalue weighted by molar-refractivity contribution is 0.794. The van der Waals surface area contributed by atoms with E-state index in [0.29, 0.717) is 0 Å². The molecule has 0 saturated heterocycles. The Bertz CT molecular complexity index is 461. The molecule has 0 saturated carbocycles. The first-order chi connectivity index (χ1) is 10.3. The molecule has 0 N–H and O–H groups in total. The summed E-state index contributed by atoms with van der Waals surface area (Å²) in [5.41, 5.74) is 2.91. The Morgan fingerprint density at radius 3 is 1.33 bits per heavy atom. The van der Waals surface area contributed by atoms with Gasteiger partial charge in [0.25, 0.3) is 0 Å². The molecule has 2 rings (SSSR count). The lowest BCUT2D eigenvalue weighted by Gasteiger charge is -2.05. The van der Waals surface area contributed by atoms with E-state index in [1.165, 1.54) is 59.4 Å². The largest absolute Gasteiger partial charge is 0.0901 e. The molecule has 0 aliphatic heterocycles. The van der Waals surface area contributed by atoms with Crippen LogP contribution in [0.2, 0.25) is 0 Å². The van der Waals surface area contributed by atoms with Gasteiger partial charge in [0.15, 0.2) is 0 Å². The van der Waals surface area contributed by atoms with Crippen LogP contribution in [0.3, 0.4) is 0 Å². The number of benzene rings is 2. The van der Waals surface area contributed by atoms with Gasteiger partial charge in [-0.15, -0.1) is 0 Å². The van der Waals surface area contributed by atoms with Gasteiger partial charge in [0, 0.05) is 9.79 Å². The molecule has 112 valence electrons. The van der Waals surface area contributed by atoms with E-state index in [-0.39, 0.29) is 0 Å². The van der Waals surface area contributed by atoms with Crippen molar-refractivity contribution < 1.29 is 0 Å². The van der Waals surface area contributed by atoms with Gasteiger partial charge in [-0.05, 0) is 61.1 Å². The molecule has 0 bridgehead atoms. The summed E-state index contributed by atoms with van der Waals surface area (Å²) in [5, 5.41) is 0. The minimum absolute atomic E-state index is 1.20. The summed E-state index contributed by atoms with van der Waals surface area (Å²) in [6, 6.07) is 18.1. The number of rotatable bonds is 8. The third kappa shape index (κ3) is 5.59. The van der Waals surface area contributed by atoms with Crippen molar-refractivity contribution in [3.63, 3.8) is 0 Å². The third-order valence-corrected chi connectivity index (χ3v) is 4.74. The van der Waals surface area contributed by atoms with Gasteiger partial charge in [-0.1, -0.05) is 62.7 Å². The second-order valence-corrected chi connectivity index (χ2v) is 6.74. The summed E-state index contributed by atoms with van der Waals surface area (Å²) < 4.78 is 0. The summed E-state index contributed by atoms with van der Waals surface area (Å²) in [5.74, 6) is 0. The fourth-order valence-corrected chi connectivity index (χ4v) is 3.16. The second kappa shape index (κ2) is 8.94. The van der Waals surface area contributed by atoms with Crippen molar-refractivity contribution in [1.29, 1.82) is 0 Å². The van der Waals surface area contributed by atoms with Gasteiger partial charge in [0.1, 0.15) is 0 Å². The number of hydrogen-bond donors (Lipinski definition) is 0. The van der Waals surface area contributed by atoms with E-state index in [1.54, 1.807) is 0 Å². The van der Waals surface area contributed by atoms with Crippen molar-refractivity contribution in [2.45, 2.75) is 62.2 Å². The molecule has 0 aromatic heterocycles. The predicted octanol–water partition coefficient (Wildman–Crippen LogP) is 6.52. The Balaban J connectivity index is 1.91. The van der Waals surface area contributed by atoms with Gasteiger partial charge < -0.3 is 0 Å². The Labute approximate surface area is 134 Å². The Morgan fingerprint density at radius 2 is 1.00 bits per heavy atom. The van der Waals surface area contributed by atoms with E-state index >= 15 is 0 Å². The van der Waals surface area contributed by atoms with Crippen molar-refractivity contribution in [3.05, 3.63) is 59.7 Å². The minimum Gasteiger partial charge on any atom is -0.0901 e. The molecular weight excluding hydrogens is 272 g/mol. The zero-order chi connectivity index (χ0) is 14.9. The van der Waals surface area contributed by atoms with Gasteiger partial charge in [0.2, 0.25) is 0 Å². The molecule has 2 aromatic rings. The third-order valence-electron chi connectivity index (χ3n) is 3.72. The monoisotopic (exact) mass is 298 g/mol. The predicted molar refractivity (Wildman–Crippen MR) is 94.2 cm³/mol. The maximum atomic E-state index is 2.27. The molecule has 0 fully saturated rings. The first-order valence-electron chi connectivity index (χ1n) is 8.17. The van der Waals surface area contributed by atoms with Crippen LogP contribution in [-0.2, 0) is 12.8 Å². The van der Waals surface area contributed by atoms with Gasteiger partial charge in [-0.3, -0.25) is 0 Å². The van der Waals surface area contributed by atoms with Crippen molar-refractivity contribution in [3.8, 4) is 0 Å². The fraction of sp³-hybridized carbons (Fsp3) is 0.400. The van der Waals surface area contributed by atoms with Crippen LogP contribution < -0.4 is 0 Å². The van der Waals surface area contributed by atoms with Crippen LogP contribution in [-0.4, -0.2) is 0 Å². The molecule has 0 heterocycles. The van der Waals surface area contributed by atoms with E-state index in [2.05, 4.69) is 62.4 Å². The standard InChI is InChI=1S/C20H26S/c1-3-5-7-17-9-13-19(14-10-17)21-20-15-11-18(12-16-20)8-6-4-2/h9-16H,3-8H2,1-2H3. The molecule has 0 amide bonds. The number of hydrogen-bond acceptors (Lipinski definition) is 1.